The molecule has 0 saturated carbocycles. The van der Waals surface area contributed by atoms with E-state index in [0.29, 0.717) is 28.3 Å². The second kappa shape index (κ2) is 10.5. The van der Waals surface area contributed by atoms with Gasteiger partial charge in [-0.2, -0.15) is 0 Å². The first kappa shape index (κ1) is 23.5. The van der Waals surface area contributed by atoms with Crippen LogP contribution < -0.4 is 20.1 Å². The fraction of sp³-hybridized carbons (Fsp3) is 0.115. The smallest absolute Gasteiger partial charge is 0.329 e. The lowest BCUT2D eigenvalue weighted by molar-refractivity contribution is -0.123. The molecule has 178 valence electrons. The summed E-state index contributed by atoms with van der Waals surface area (Å²) < 4.78 is 24.1. The highest BCUT2D eigenvalue weighted by atomic mass is 19.1. The highest BCUT2D eigenvalue weighted by Crippen LogP contribution is 2.29. The van der Waals surface area contributed by atoms with Crippen LogP contribution in [-0.2, 0) is 16.1 Å². The molecule has 3 aromatic carbocycles. The number of ether oxygens (including phenoxy) is 2. The Hall–Kier alpha value is -4.66. The fourth-order valence-corrected chi connectivity index (χ4v) is 3.41. The van der Waals surface area contributed by atoms with Gasteiger partial charge in [0.05, 0.1) is 13.7 Å². The molecule has 1 saturated heterocycles. The average molecular weight is 475 g/mol. The minimum absolute atomic E-state index is 0.0173. The number of rotatable bonds is 8. The lowest BCUT2D eigenvalue weighted by atomic mass is 10.1. The number of benzene rings is 3. The van der Waals surface area contributed by atoms with Crippen molar-refractivity contribution in [2.24, 2.45) is 0 Å². The summed E-state index contributed by atoms with van der Waals surface area (Å²) in [5, 5.41) is 5.28. The van der Waals surface area contributed by atoms with Gasteiger partial charge in [-0.25, -0.2) is 9.18 Å². The van der Waals surface area contributed by atoms with Gasteiger partial charge < -0.3 is 20.1 Å². The molecule has 0 aromatic heterocycles. The third-order valence-corrected chi connectivity index (χ3v) is 5.13. The number of hydrogen-bond acceptors (Lipinski definition) is 5. The normalized spacial score (nSPS) is 14.1. The van der Waals surface area contributed by atoms with Gasteiger partial charge in [-0.3, -0.25) is 14.5 Å². The Kier molecular flexibility index (Phi) is 7.06. The van der Waals surface area contributed by atoms with E-state index in [2.05, 4.69) is 10.6 Å². The summed E-state index contributed by atoms with van der Waals surface area (Å²) in [6.45, 7) is -0.206. The number of nitrogens with zero attached hydrogens (tertiary/aromatic N) is 1. The van der Waals surface area contributed by atoms with E-state index in [1.54, 1.807) is 30.3 Å². The molecule has 0 aliphatic carbocycles. The standard InChI is InChI=1S/C26H22FN3O5/c1-34-23-14-18(9-12-22(23)35-16-24(31)28-20-5-3-2-4-6-20)13-21-25(32)30(26(33)29-21)15-17-7-10-19(27)11-8-17/h2-14H,15-16H2,1H3,(H,28,31)(H,29,33)/b21-13-. The van der Waals surface area contributed by atoms with Gasteiger partial charge in [0.1, 0.15) is 11.5 Å². The molecule has 4 amide bonds. The molecule has 0 atom stereocenters. The lowest BCUT2D eigenvalue weighted by Crippen LogP contribution is -2.30. The summed E-state index contributed by atoms with van der Waals surface area (Å²) >= 11 is 0. The summed E-state index contributed by atoms with van der Waals surface area (Å²) in [5.41, 5.74) is 1.95. The van der Waals surface area contributed by atoms with Gasteiger partial charge in [-0.1, -0.05) is 36.4 Å². The summed E-state index contributed by atoms with van der Waals surface area (Å²) in [6, 6.07) is 18.9. The number of carbonyl (C=O) groups is 3. The van der Waals surface area contributed by atoms with Crippen molar-refractivity contribution in [3.63, 3.8) is 0 Å². The molecule has 3 aromatic rings. The Labute approximate surface area is 201 Å². The number of imide groups is 1. The Morgan fingerprint density at radius 2 is 1.77 bits per heavy atom. The largest absolute Gasteiger partial charge is 0.493 e. The molecule has 0 radical (unpaired) electrons. The van der Waals surface area contributed by atoms with Gasteiger partial charge in [-0.15, -0.1) is 0 Å². The lowest BCUT2D eigenvalue weighted by Gasteiger charge is -2.12. The Bertz CT molecular complexity index is 1280. The van der Waals surface area contributed by atoms with Gasteiger partial charge in [0, 0.05) is 5.69 Å². The van der Waals surface area contributed by atoms with E-state index in [-0.39, 0.29) is 24.8 Å². The molecule has 8 nitrogen and oxygen atoms in total. The van der Waals surface area contributed by atoms with Crippen LogP contribution in [0.4, 0.5) is 14.9 Å². The minimum atomic E-state index is -0.568. The first-order valence-corrected chi connectivity index (χ1v) is 10.7. The number of methoxy groups -OCH3 is 1. The van der Waals surface area contributed by atoms with Gasteiger partial charge in [-0.05, 0) is 53.6 Å². The van der Waals surface area contributed by atoms with E-state index >= 15 is 0 Å². The predicted octanol–water partition coefficient (Wildman–Crippen LogP) is 3.94. The van der Waals surface area contributed by atoms with Gasteiger partial charge in [0.15, 0.2) is 18.1 Å². The van der Waals surface area contributed by atoms with Crippen LogP contribution >= 0.6 is 0 Å². The molecule has 9 heteroatoms. The first-order chi connectivity index (χ1) is 16.9. The zero-order valence-electron chi connectivity index (χ0n) is 18.8. The second-order valence-electron chi connectivity index (χ2n) is 7.62. The maximum atomic E-state index is 13.1. The summed E-state index contributed by atoms with van der Waals surface area (Å²) in [7, 11) is 1.45. The average Bonchev–Trinajstić information content (AvgIpc) is 3.12. The molecular weight excluding hydrogens is 453 g/mol. The molecular formula is C26H22FN3O5. The SMILES string of the molecule is COc1cc(/C=C2\NC(=O)N(Cc3ccc(F)cc3)C2=O)ccc1OCC(=O)Nc1ccccc1. The van der Waals surface area contributed by atoms with E-state index in [4.69, 9.17) is 9.47 Å². The first-order valence-electron chi connectivity index (χ1n) is 10.7. The molecule has 2 N–H and O–H groups in total. The summed E-state index contributed by atoms with van der Waals surface area (Å²) in [4.78, 5) is 38.2. The predicted molar refractivity (Wildman–Crippen MR) is 127 cm³/mol. The van der Waals surface area contributed by atoms with E-state index in [1.807, 2.05) is 18.2 Å². The summed E-state index contributed by atoms with van der Waals surface area (Å²) in [6.07, 6.45) is 1.51. The van der Waals surface area contributed by atoms with Crippen molar-refractivity contribution in [2.75, 3.05) is 19.0 Å². The van der Waals surface area contributed by atoms with Crippen LogP contribution in [0.1, 0.15) is 11.1 Å². The number of anilines is 1. The molecule has 0 spiro atoms. The molecule has 4 rings (SSSR count). The number of amides is 4. The van der Waals surface area contributed by atoms with Crippen molar-refractivity contribution >= 4 is 29.6 Å². The van der Waals surface area contributed by atoms with Crippen LogP contribution in [0.15, 0.2) is 78.5 Å². The number of urea groups is 1. The Morgan fingerprint density at radius 1 is 1.03 bits per heavy atom. The van der Waals surface area contributed by atoms with Crippen LogP contribution in [0.25, 0.3) is 6.08 Å². The van der Waals surface area contributed by atoms with Crippen molar-refractivity contribution in [3.8, 4) is 11.5 Å². The molecule has 0 unspecified atom stereocenters. The van der Waals surface area contributed by atoms with E-state index in [1.165, 1.54) is 37.5 Å². The number of nitrogens with one attached hydrogen (secondary N) is 2. The third-order valence-electron chi connectivity index (χ3n) is 5.13. The number of halogens is 1. The van der Waals surface area contributed by atoms with Crippen LogP contribution in [0.5, 0.6) is 11.5 Å². The minimum Gasteiger partial charge on any atom is -0.493 e. The van der Waals surface area contributed by atoms with Gasteiger partial charge >= 0.3 is 6.03 Å². The van der Waals surface area contributed by atoms with Crippen molar-refractivity contribution in [1.29, 1.82) is 0 Å². The summed E-state index contributed by atoms with van der Waals surface area (Å²) in [5.74, 6) is -0.532. The van der Waals surface area contributed by atoms with Crippen molar-refractivity contribution in [1.82, 2.24) is 10.2 Å². The highest BCUT2D eigenvalue weighted by Gasteiger charge is 2.33. The second-order valence-corrected chi connectivity index (χ2v) is 7.62. The van der Waals surface area contributed by atoms with Crippen molar-refractivity contribution in [2.45, 2.75) is 6.54 Å². The highest BCUT2D eigenvalue weighted by molar-refractivity contribution is 6.13. The zero-order valence-corrected chi connectivity index (χ0v) is 18.8. The molecule has 1 aliphatic heterocycles. The molecule has 0 bridgehead atoms. The monoisotopic (exact) mass is 475 g/mol. The Balaban J connectivity index is 1.42. The van der Waals surface area contributed by atoms with Gasteiger partial charge in [0.25, 0.3) is 11.8 Å². The van der Waals surface area contributed by atoms with Crippen LogP contribution in [-0.4, -0.2) is 36.5 Å². The topological polar surface area (TPSA) is 97.0 Å². The molecule has 1 heterocycles. The number of para-hydroxylation sites is 1. The molecule has 1 fully saturated rings. The third kappa shape index (κ3) is 5.83. The maximum absolute atomic E-state index is 13.1. The van der Waals surface area contributed by atoms with Crippen LogP contribution in [0.2, 0.25) is 0 Å². The van der Waals surface area contributed by atoms with Crippen molar-refractivity contribution < 1.29 is 28.2 Å². The quantitative estimate of drug-likeness (QED) is 0.380. The Morgan fingerprint density at radius 3 is 2.49 bits per heavy atom. The van der Waals surface area contributed by atoms with Crippen LogP contribution in [0, 0.1) is 5.82 Å². The molecule has 35 heavy (non-hydrogen) atoms. The van der Waals surface area contributed by atoms with E-state index in [9.17, 15) is 18.8 Å². The zero-order chi connectivity index (χ0) is 24.8. The van der Waals surface area contributed by atoms with E-state index in [0.717, 1.165) is 4.90 Å². The maximum Gasteiger partial charge on any atom is 0.329 e. The number of hydrogen-bond donors (Lipinski definition) is 2. The van der Waals surface area contributed by atoms with E-state index < -0.39 is 17.8 Å². The fourth-order valence-electron chi connectivity index (χ4n) is 3.41. The number of carbonyl (C=O) groups excluding carboxylic acids is 3. The van der Waals surface area contributed by atoms with Gasteiger partial charge in [0.2, 0.25) is 0 Å². The van der Waals surface area contributed by atoms with Crippen molar-refractivity contribution in [3.05, 3.63) is 95.4 Å². The molecule has 1 aliphatic rings. The van der Waals surface area contributed by atoms with Crippen LogP contribution in [0.3, 0.4) is 0 Å².